The fraction of sp³-hybridized carbons (Fsp3) is 0.455. The number of aliphatic hydroxyl groups excluding tert-OH is 2. The number of benzene rings is 3. The van der Waals surface area contributed by atoms with Crippen LogP contribution in [0.2, 0.25) is 0 Å². The van der Waals surface area contributed by atoms with E-state index >= 15 is 0 Å². The normalized spacial score (nSPS) is 19.2. The smallest absolute Gasteiger partial charge is 0.372 e. The van der Waals surface area contributed by atoms with Gasteiger partial charge >= 0.3 is 5.25 Å². The molecule has 2 heterocycles. The van der Waals surface area contributed by atoms with Crippen molar-refractivity contribution in [1.29, 1.82) is 0 Å². The van der Waals surface area contributed by atoms with Crippen LogP contribution in [-0.4, -0.2) is 101 Å². The van der Waals surface area contributed by atoms with Crippen LogP contribution in [0.25, 0.3) is 11.1 Å². The number of alkyl halides is 2. The zero-order chi connectivity index (χ0) is 35.5. The van der Waals surface area contributed by atoms with Crippen molar-refractivity contribution in [2.24, 2.45) is 5.73 Å². The van der Waals surface area contributed by atoms with E-state index in [2.05, 4.69) is 5.32 Å². The summed E-state index contributed by atoms with van der Waals surface area (Å²) in [5.74, 6) is 0.517. The Labute approximate surface area is 284 Å². The van der Waals surface area contributed by atoms with Gasteiger partial charge in [0.2, 0.25) is 19.9 Å². The predicted molar refractivity (Wildman–Crippen MR) is 177 cm³/mol. The first-order valence-electron chi connectivity index (χ1n) is 15.7. The summed E-state index contributed by atoms with van der Waals surface area (Å²) in [6, 6.07) is 16.8. The molecule has 0 aromatic heterocycles. The molecule has 3 aromatic rings. The molecule has 0 amide bonds. The fourth-order valence-corrected chi connectivity index (χ4v) is 8.56. The van der Waals surface area contributed by atoms with Gasteiger partial charge in [0.25, 0.3) is 0 Å². The molecule has 16 heteroatoms. The Balaban J connectivity index is 1.13. The Morgan fingerprint density at radius 3 is 2.43 bits per heavy atom. The molecule has 0 bridgehead atoms. The summed E-state index contributed by atoms with van der Waals surface area (Å²) >= 11 is 0. The molecule has 2 atom stereocenters. The van der Waals surface area contributed by atoms with Gasteiger partial charge in [0.05, 0.1) is 29.1 Å². The van der Waals surface area contributed by atoms with Crippen LogP contribution in [0.3, 0.4) is 0 Å². The largest absolute Gasteiger partial charge is 0.496 e. The van der Waals surface area contributed by atoms with Gasteiger partial charge in [-0.3, -0.25) is 0 Å². The van der Waals surface area contributed by atoms with Gasteiger partial charge in [-0.05, 0) is 66.8 Å². The molecule has 2 fully saturated rings. The Bertz CT molecular complexity index is 1820. The number of hydrogen-bond donors (Lipinski definition) is 4. The molecular formula is C33H41F2N3O9S2. The fourth-order valence-electron chi connectivity index (χ4n) is 6.04. The minimum atomic E-state index is -5.12. The highest BCUT2D eigenvalue weighted by Gasteiger charge is 2.46. The molecule has 3 aromatic carbocycles. The average molecular weight is 726 g/mol. The molecule has 2 unspecified atom stereocenters. The predicted octanol–water partition coefficient (Wildman–Crippen LogP) is 2.52. The molecule has 12 nitrogen and oxygen atoms in total. The highest BCUT2D eigenvalue weighted by molar-refractivity contribution is 7.92. The molecule has 0 aliphatic carbocycles. The molecule has 2 aliphatic rings. The third-order valence-corrected chi connectivity index (χ3v) is 12.6. The van der Waals surface area contributed by atoms with Crippen LogP contribution in [0.5, 0.6) is 11.5 Å². The number of ether oxygens (including phenoxy) is 3. The quantitative estimate of drug-likeness (QED) is 0.192. The molecule has 2 saturated heterocycles. The number of sulfone groups is 1. The molecule has 49 heavy (non-hydrogen) atoms. The van der Waals surface area contributed by atoms with Crippen LogP contribution in [0.15, 0.2) is 76.5 Å². The van der Waals surface area contributed by atoms with Gasteiger partial charge in [0, 0.05) is 37.8 Å². The number of hydrogen-bond acceptors (Lipinski definition) is 11. The summed E-state index contributed by atoms with van der Waals surface area (Å²) < 4.78 is 97.7. The number of halogens is 2. The van der Waals surface area contributed by atoms with Gasteiger partial charge in [0.15, 0.2) is 0 Å². The Hall–Kier alpha value is -3.22. The summed E-state index contributed by atoms with van der Waals surface area (Å²) in [6.07, 6.45) is 0.581. The third-order valence-electron chi connectivity index (χ3n) is 8.93. The lowest BCUT2D eigenvalue weighted by atomic mass is 9.88. The minimum Gasteiger partial charge on any atom is -0.496 e. The maximum absolute atomic E-state index is 13.7. The first-order chi connectivity index (χ1) is 23.2. The molecular weight excluding hydrogens is 685 g/mol. The van der Waals surface area contributed by atoms with Gasteiger partial charge in [0.1, 0.15) is 30.8 Å². The standard InChI is InChI=1S/C33H41F2N3O9S2/c1-45-31-10-9-29(16-30(31)24-7-5-23(18-36)6-8-24)49(43,44)38-13-11-32(12-14-38)17-25(20-47-32)37-19-26(40)21-46-27-3-2-4-28(15-27)48(41,42)33(34,35)22-39/h2-10,15-16,25-26,37,39-40H,11-14,17-22,36H2,1H3. The lowest BCUT2D eigenvalue weighted by Crippen LogP contribution is -2.47. The number of piperidine rings is 1. The topological polar surface area (TPSA) is 178 Å². The number of nitrogens with one attached hydrogen (secondary N) is 1. The molecule has 5 N–H and O–H groups in total. The van der Waals surface area contributed by atoms with Crippen LogP contribution in [0.1, 0.15) is 24.8 Å². The van der Waals surface area contributed by atoms with Crippen molar-refractivity contribution in [3.8, 4) is 22.6 Å². The van der Waals surface area contributed by atoms with E-state index in [1.54, 1.807) is 18.2 Å². The van der Waals surface area contributed by atoms with Crippen molar-refractivity contribution in [3.63, 3.8) is 0 Å². The third kappa shape index (κ3) is 8.07. The molecule has 1 spiro atoms. The lowest BCUT2D eigenvalue weighted by Gasteiger charge is -2.38. The molecule has 0 radical (unpaired) electrons. The monoisotopic (exact) mass is 725 g/mol. The minimum absolute atomic E-state index is 0.0363. The molecule has 5 rings (SSSR count). The lowest BCUT2D eigenvalue weighted by molar-refractivity contribution is -0.0312. The van der Waals surface area contributed by atoms with Crippen LogP contribution < -0.4 is 20.5 Å². The van der Waals surface area contributed by atoms with Crippen molar-refractivity contribution in [2.75, 3.05) is 46.6 Å². The second-order valence-electron chi connectivity index (χ2n) is 12.2. The second kappa shape index (κ2) is 14.9. The highest BCUT2D eigenvalue weighted by atomic mass is 32.2. The van der Waals surface area contributed by atoms with E-state index < -0.39 is 48.3 Å². The summed E-state index contributed by atoms with van der Waals surface area (Å²) in [5, 5.41) is 18.1. The Morgan fingerprint density at radius 2 is 1.78 bits per heavy atom. The number of aliphatic hydroxyl groups is 2. The van der Waals surface area contributed by atoms with Crippen LogP contribution in [0.4, 0.5) is 8.78 Å². The van der Waals surface area contributed by atoms with E-state index in [0.717, 1.165) is 23.3 Å². The number of sulfonamides is 1. The number of methoxy groups -OCH3 is 1. The van der Waals surface area contributed by atoms with Gasteiger partial charge in [-0.15, -0.1) is 0 Å². The average Bonchev–Trinajstić information content (AvgIpc) is 3.51. The second-order valence-corrected chi connectivity index (χ2v) is 16.2. The van der Waals surface area contributed by atoms with Crippen LogP contribution in [0, 0.1) is 0 Å². The van der Waals surface area contributed by atoms with E-state index in [9.17, 15) is 30.7 Å². The Kier molecular flexibility index (Phi) is 11.3. The summed E-state index contributed by atoms with van der Waals surface area (Å²) in [6.45, 7) is -0.678. The van der Waals surface area contributed by atoms with E-state index in [1.807, 2.05) is 24.3 Å². The first kappa shape index (κ1) is 37.0. The summed E-state index contributed by atoms with van der Waals surface area (Å²) in [7, 11) is -7.39. The summed E-state index contributed by atoms with van der Waals surface area (Å²) in [4.78, 5) is -0.548. The van der Waals surface area contributed by atoms with Crippen molar-refractivity contribution < 1.29 is 50.0 Å². The van der Waals surface area contributed by atoms with Crippen molar-refractivity contribution in [2.45, 2.75) is 58.6 Å². The zero-order valence-electron chi connectivity index (χ0n) is 26.9. The summed E-state index contributed by atoms with van der Waals surface area (Å²) in [5.41, 5.74) is 7.63. The number of rotatable bonds is 14. The maximum Gasteiger partial charge on any atom is 0.372 e. The van der Waals surface area contributed by atoms with E-state index in [0.29, 0.717) is 43.7 Å². The molecule has 2 aliphatic heterocycles. The van der Waals surface area contributed by atoms with Crippen LogP contribution >= 0.6 is 0 Å². The molecule has 0 saturated carbocycles. The van der Waals surface area contributed by atoms with E-state index in [1.165, 1.54) is 23.5 Å². The van der Waals surface area contributed by atoms with E-state index in [-0.39, 0.29) is 42.9 Å². The number of nitrogens with two attached hydrogens (primary N) is 1. The zero-order valence-corrected chi connectivity index (χ0v) is 28.6. The Morgan fingerprint density at radius 1 is 1.06 bits per heavy atom. The first-order valence-corrected chi connectivity index (χ1v) is 18.6. The highest BCUT2D eigenvalue weighted by Crippen LogP contribution is 2.39. The number of nitrogens with zero attached hydrogens (tertiary/aromatic N) is 1. The van der Waals surface area contributed by atoms with Crippen molar-refractivity contribution in [1.82, 2.24) is 9.62 Å². The van der Waals surface area contributed by atoms with Gasteiger partial charge in [-0.1, -0.05) is 30.3 Å². The van der Waals surface area contributed by atoms with Gasteiger partial charge in [-0.25, -0.2) is 16.8 Å². The van der Waals surface area contributed by atoms with Gasteiger partial charge in [-0.2, -0.15) is 13.1 Å². The van der Waals surface area contributed by atoms with E-state index in [4.69, 9.17) is 25.1 Å². The van der Waals surface area contributed by atoms with Crippen LogP contribution in [-0.2, 0) is 31.1 Å². The van der Waals surface area contributed by atoms with Crippen molar-refractivity contribution in [3.05, 3.63) is 72.3 Å². The maximum atomic E-state index is 13.7. The van der Waals surface area contributed by atoms with Gasteiger partial charge < -0.3 is 35.5 Å². The molecule has 268 valence electrons. The SMILES string of the molecule is COc1ccc(S(=O)(=O)N2CCC3(CC2)CC(NCC(O)COc2cccc(S(=O)(=O)C(F)(F)CO)c2)CO3)cc1-c1ccc(CN)cc1. The van der Waals surface area contributed by atoms with Crippen molar-refractivity contribution >= 4 is 19.9 Å².